The lowest BCUT2D eigenvalue weighted by atomic mass is 10.0. The molecule has 2 heterocycles. The van der Waals surface area contributed by atoms with E-state index in [1.807, 2.05) is 30.3 Å². The predicted octanol–water partition coefficient (Wildman–Crippen LogP) is 4.27. The summed E-state index contributed by atoms with van der Waals surface area (Å²) in [6, 6.07) is 13.8. The number of piperidine rings is 1. The van der Waals surface area contributed by atoms with Crippen LogP contribution in [-0.4, -0.2) is 62.2 Å². The SMILES string of the molecule is COc1ccc(CN2CCC[C@H](N3CCN(c4cccc(Cl)c4)CC3)C2)c(F)c1. The van der Waals surface area contributed by atoms with Crippen molar-refractivity contribution in [3.8, 4) is 5.75 Å². The molecule has 156 valence electrons. The average Bonchev–Trinajstić information content (AvgIpc) is 2.75. The predicted molar refractivity (Wildman–Crippen MR) is 116 cm³/mol. The Bertz CT molecular complexity index is 826. The largest absolute Gasteiger partial charge is 0.497 e. The fourth-order valence-electron chi connectivity index (χ4n) is 4.52. The number of hydrogen-bond donors (Lipinski definition) is 0. The molecule has 0 aliphatic carbocycles. The van der Waals surface area contributed by atoms with Gasteiger partial charge in [0, 0.05) is 67.7 Å². The third kappa shape index (κ3) is 5.03. The van der Waals surface area contributed by atoms with Gasteiger partial charge in [0.2, 0.25) is 0 Å². The zero-order valence-electron chi connectivity index (χ0n) is 17.0. The Morgan fingerprint density at radius 1 is 1.07 bits per heavy atom. The van der Waals surface area contributed by atoms with Gasteiger partial charge in [-0.25, -0.2) is 4.39 Å². The van der Waals surface area contributed by atoms with E-state index in [1.54, 1.807) is 7.11 Å². The topological polar surface area (TPSA) is 19.0 Å². The Labute approximate surface area is 177 Å². The number of benzene rings is 2. The summed E-state index contributed by atoms with van der Waals surface area (Å²) in [4.78, 5) is 7.41. The van der Waals surface area contributed by atoms with Gasteiger partial charge in [-0.1, -0.05) is 23.7 Å². The highest BCUT2D eigenvalue weighted by atomic mass is 35.5. The molecule has 0 spiro atoms. The van der Waals surface area contributed by atoms with Crippen molar-refractivity contribution in [2.45, 2.75) is 25.4 Å². The van der Waals surface area contributed by atoms with Gasteiger partial charge in [-0.05, 0) is 43.7 Å². The third-order valence-electron chi connectivity index (χ3n) is 6.14. The summed E-state index contributed by atoms with van der Waals surface area (Å²) in [5.74, 6) is 0.391. The zero-order valence-corrected chi connectivity index (χ0v) is 17.7. The first-order chi connectivity index (χ1) is 14.1. The van der Waals surface area contributed by atoms with E-state index in [0.29, 0.717) is 18.3 Å². The minimum absolute atomic E-state index is 0.179. The third-order valence-corrected chi connectivity index (χ3v) is 6.37. The standard InChI is InChI=1S/C23H29ClFN3O/c1-29-22-8-7-18(23(25)15-22)16-26-9-3-6-21(17-26)28-12-10-27(11-13-28)20-5-2-4-19(24)14-20/h2,4-5,7-8,14-15,21H,3,6,9-13,16-17H2,1H3/t21-/m0/s1. The Hall–Kier alpha value is -1.82. The van der Waals surface area contributed by atoms with Crippen molar-refractivity contribution < 1.29 is 9.13 Å². The monoisotopic (exact) mass is 417 g/mol. The van der Waals surface area contributed by atoms with E-state index in [9.17, 15) is 4.39 Å². The first-order valence-corrected chi connectivity index (χ1v) is 10.8. The molecule has 0 radical (unpaired) electrons. The van der Waals surface area contributed by atoms with Crippen molar-refractivity contribution in [2.75, 3.05) is 51.3 Å². The van der Waals surface area contributed by atoms with Crippen LogP contribution in [0.3, 0.4) is 0 Å². The molecule has 1 atom stereocenters. The van der Waals surface area contributed by atoms with Gasteiger partial charge in [0.25, 0.3) is 0 Å². The maximum Gasteiger partial charge on any atom is 0.131 e. The molecule has 0 bridgehead atoms. The summed E-state index contributed by atoms with van der Waals surface area (Å²) < 4.78 is 19.5. The van der Waals surface area contributed by atoms with Crippen LogP contribution in [0.15, 0.2) is 42.5 Å². The van der Waals surface area contributed by atoms with Gasteiger partial charge in [0.15, 0.2) is 0 Å². The molecule has 4 nitrogen and oxygen atoms in total. The quantitative estimate of drug-likeness (QED) is 0.722. The molecule has 6 heteroatoms. The Morgan fingerprint density at radius 2 is 1.90 bits per heavy atom. The second kappa shape index (κ2) is 9.33. The highest BCUT2D eigenvalue weighted by molar-refractivity contribution is 6.30. The molecule has 2 aliphatic rings. The van der Waals surface area contributed by atoms with Crippen LogP contribution in [0.5, 0.6) is 5.75 Å². The number of ether oxygens (including phenoxy) is 1. The number of hydrogen-bond acceptors (Lipinski definition) is 4. The van der Waals surface area contributed by atoms with Crippen LogP contribution in [0.2, 0.25) is 5.02 Å². The molecule has 2 fully saturated rings. The molecule has 2 aromatic carbocycles. The Balaban J connectivity index is 1.32. The molecule has 0 aromatic heterocycles. The molecule has 2 aliphatic heterocycles. The van der Waals surface area contributed by atoms with Crippen molar-refractivity contribution in [1.29, 1.82) is 0 Å². The number of anilines is 1. The van der Waals surface area contributed by atoms with Crippen molar-refractivity contribution in [3.63, 3.8) is 0 Å². The summed E-state index contributed by atoms with van der Waals surface area (Å²) in [5, 5.41) is 0.790. The fourth-order valence-corrected chi connectivity index (χ4v) is 4.70. The summed E-state index contributed by atoms with van der Waals surface area (Å²) in [6.07, 6.45) is 2.38. The van der Waals surface area contributed by atoms with Crippen LogP contribution in [0, 0.1) is 5.82 Å². The van der Waals surface area contributed by atoms with Crippen molar-refractivity contribution >= 4 is 17.3 Å². The summed E-state index contributed by atoms with van der Waals surface area (Å²) in [7, 11) is 1.57. The summed E-state index contributed by atoms with van der Waals surface area (Å²) in [5.41, 5.74) is 1.95. The van der Waals surface area contributed by atoms with E-state index in [1.165, 1.54) is 18.2 Å². The second-order valence-electron chi connectivity index (χ2n) is 7.99. The molecular weight excluding hydrogens is 389 g/mol. The highest BCUT2D eigenvalue weighted by Crippen LogP contribution is 2.25. The molecule has 0 saturated carbocycles. The summed E-state index contributed by atoms with van der Waals surface area (Å²) >= 11 is 6.15. The van der Waals surface area contributed by atoms with Crippen molar-refractivity contribution in [2.24, 2.45) is 0 Å². The van der Waals surface area contributed by atoms with E-state index >= 15 is 0 Å². The van der Waals surface area contributed by atoms with Gasteiger partial charge in [0.1, 0.15) is 11.6 Å². The minimum Gasteiger partial charge on any atom is -0.497 e. The number of methoxy groups -OCH3 is 1. The minimum atomic E-state index is -0.179. The van der Waals surface area contributed by atoms with Crippen molar-refractivity contribution in [3.05, 3.63) is 58.9 Å². The lowest BCUT2D eigenvalue weighted by Crippen LogP contribution is -2.55. The van der Waals surface area contributed by atoms with Crippen LogP contribution in [-0.2, 0) is 6.54 Å². The molecule has 2 aromatic rings. The molecule has 29 heavy (non-hydrogen) atoms. The van der Waals surface area contributed by atoms with E-state index in [-0.39, 0.29) is 5.82 Å². The van der Waals surface area contributed by atoms with Gasteiger partial charge in [-0.3, -0.25) is 9.80 Å². The van der Waals surface area contributed by atoms with Gasteiger partial charge < -0.3 is 9.64 Å². The van der Waals surface area contributed by atoms with Crippen LogP contribution in [0.25, 0.3) is 0 Å². The lowest BCUT2D eigenvalue weighted by Gasteiger charge is -2.44. The smallest absolute Gasteiger partial charge is 0.131 e. The van der Waals surface area contributed by atoms with Crippen LogP contribution in [0.1, 0.15) is 18.4 Å². The van der Waals surface area contributed by atoms with E-state index in [0.717, 1.165) is 56.3 Å². The molecular formula is C23H29ClFN3O. The molecule has 0 N–H and O–H groups in total. The van der Waals surface area contributed by atoms with Gasteiger partial charge in [0.05, 0.1) is 7.11 Å². The highest BCUT2D eigenvalue weighted by Gasteiger charge is 2.28. The first-order valence-electron chi connectivity index (χ1n) is 10.4. The number of halogens is 2. The summed E-state index contributed by atoms with van der Waals surface area (Å²) in [6.45, 7) is 6.85. The van der Waals surface area contributed by atoms with Crippen LogP contribution in [0.4, 0.5) is 10.1 Å². The van der Waals surface area contributed by atoms with Crippen molar-refractivity contribution in [1.82, 2.24) is 9.80 Å². The Morgan fingerprint density at radius 3 is 2.62 bits per heavy atom. The fraction of sp³-hybridized carbons (Fsp3) is 0.478. The van der Waals surface area contributed by atoms with Gasteiger partial charge in [-0.15, -0.1) is 0 Å². The van der Waals surface area contributed by atoms with E-state index in [4.69, 9.17) is 16.3 Å². The number of nitrogens with zero attached hydrogens (tertiary/aromatic N) is 3. The number of likely N-dealkylation sites (tertiary alicyclic amines) is 1. The van der Waals surface area contributed by atoms with E-state index < -0.39 is 0 Å². The Kier molecular flexibility index (Phi) is 6.58. The number of piperazine rings is 1. The van der Waals surface area contributed by atoms with Crippen LogP contribution < -0.4 is 9.64 Å². The number of rotatable bonds is 5. The molecule has 0 unspecified atom stereocenters. The zero-order chi connectivity index (χ0) is 20.2. The van der Waals surface area contributed by atoms with Gasteiger partial charge in [-0.2, -0.15) is 0 Å². The second-order valence-corrected chi connectivity index (χ2v) is 8.43. The normalized spacial score (nSPS) is 21.3. The maximum atomic E-state index is 14.3. The molecule has 0 amide bonds. The average molecular weight is 418 g/mol. The van der Waals surface area contributed by atoms with Gasteiger partial charge >= 0.3 is 0 Å². The maximum absolute atomic E-state index is 14.3. The van der Waals surface area contributed by atoms with E-state index in [2.05, 4.69) is 20.8 Å². The lowest BCUT2D eigenvalue weighted by molar-refractivity contribution is 0.0881. The van der Waals surface area contributed by atoms with Crippen LogP contribution >= 0.6 is 11.6 Å². The molecule has 4 rings (SSSR count). The molecule has 2 saturated heterocycles. The first kappa shape index (κ1) is 20.5.